The molecule has 8 nitrogen and oxygen atoms in total. The van der Waals surface area contributed by atoms with Crippen LogP contribution in [-0.2, 0) is 23.8 Å². The summed E-state index contributed by atoms with van der Waals surface area (Å²) in [5, 5.41) is 3.23. The van der Waals surface area contributed by atoms with Gasteiger partial charge in [-0.1, -0.05) is 12.5 Å². The fourth-order valence-electron chi connectivity index (χ4n) is 6.34. The van der Waals surface area contributed by atoms with Crippen molar-refractivity contribution in [2.75, 3.05) is 32.1 Å². The van der Waals surface area contributed by atoms with Crippen LogP contribution >= 0.6 is 0 Å². The topological polar surface area (TPSA) is 79.7 Å². The number of fused-ring (bicyclic) bond motifs is 1. The zero-order valence-corrected chi connectivity index (χ0v) is 27.4. The van der Waals surface area contributed by atoms with Gasteiger partial charge in [0.1, 0.15) is 23.2 Å². The minimum atomic E-state index is -4.90. The Morgan fingerprint density at radius 2 is 1.85 bits per heavy atom. The summed E-state index contributed by atoms with van der Waals surface area (Å²) in [5.41, 5.74) is -0.498. The first-order valence-electron chi connectivity index (χ1n) is 16.4. The average molecular weight is 658 g/mol. The van der Waals surface area contributed by atoms with Gasteiger partial charge >= 0.3 is 6.18 Å². The number of anilines is 1. The Kier molecular flexibility index (Phi) is 10.6. The fraction of sp³-hybridized carbons (Fsp3) is 0.514. The largest absolute Gasteiger partial charge is 0.494 e. The highest BCUT2D eigenvalue weighted by Gasteiger charge is 2.35. The number of rotatable bonds is 12. The van der Waals surface area contributed by atoms with Gasteiger partial charge in [0, 0.05) is 25.2 Å². The van der Waals surface area contributed by atoms with Crippen molar-refractivity contribution in [3.63, 3.8) is 0 Å². The number of aromatic nitrogens is 2. The van der Waals surface area contributed by atoms with Crippen molar-refractivity contribution in [3.05, 3.63) is 81.2 Å². The minimum Gasteiger partial charge on any atom is -0.494 e. The SMILES string of the molecule is CCOc1ccc(-n2c([C@@H](C)N(CCC(C)N(C)C3CCC3)C(=O)Cc3ccc(F)c(C(F)(F)F)c3)nc3c(c2=O)CCCN3)cc1. The Morgan fingerprint density at radius 3 is 2.49 bits per heavy atom. The van der Waals surface area contributed by atoms with Crippen LogP contribution in [0.15, 0.2) is 47.3 Å². The monoisotopic (exact) mass is 657 g/mol. The average Bonchev–Trinajstić information content (AvgIpc) is 3.01. The highest BCUT2D eigenvalue weighted by atomic mass is 19.4. The van der Waals surface area contributed by atoms with Crippen molar-refractivity contribution in [2.24, 2.45) is 0 Å². The molecule has 12 heteroatoms. The molecule has 2 aromatic carbocycles. The summed E-state index contributed by atoms with van der Waals surface area (Å²) in [7, 11) is 2.07. The minimum absolute atomic E-state index is 0.0459. The third-order valence-electron chi connectivity index (χ3n) is 9.49. The van der Waals surface area contributed by atoms with E-state index in [1.165, 1.54) is 17.1 Å². The summed E-state index contributed by atoms with van der Waals surface area (Å²) >= 11 is 0. The van der Waals surface area contributed by atoms with Crippen molar-refractivity contribution in [1.82, 2.24) is 19.4 Å². The second-order valence-corrected chi connectivity index (χ2v) is 12.5. The zero-order valence-electron chi connectivity index (χ0n) is 27.4. The lowest BCUT2D eigenvalue weighted by Gasteiger charge is -2.40. The highest BCUT2D eigenvalue weighted by molar-refractivity contribution is 5.79. The van der Waals surface area contributed by atoms with Gasteiger partial charge in [0.05, 0.1) is 35.9 Å². The molecule has 1 amide bonds. The van der Waals surface area contributed by atoms with Crippen LogP contribution in [0, 0.1) is 5.82 Å². The van der Waals surface area contributed by atoms with E-state index in [1.807, 2.05) is 6.92 Å². The molecule has 1 saturated carbocycles. The predicted octanol–water partition coefficient (Wildman–Crippen LogP) is 6.54. The van der Waals surface area contributed by atoms with Gasteiger partial charge in [0.15, 0.2) is 0 Å². The van der Waals surface area contributed by atoms with Gasteiger partial charge < -0.3 is 19.9 Å². The number of carbonyl (C=O) groups is 1. The molecule has 0 spiro atoms. The Hall–Kier alpha value is -3.93. The van der Waals surface area contributed by atoms with E-state index in [4.69, 9.17) is 9.72 Å². The van der Waals surface area contributed by atoms with Gasteiger partial charge in [-0.2, -0.15) is 13.2 Å². The van der Waals surface area contributed by atoms with E-state index in [2.05, 4.69) is 24.2 Å². The lowest BCUT2D eigenvalue weighted by molar-refractivity contribution is -0.140. The smallest absolute Gasteiger partial charge is 0.419 e. The number of halogens is 4. The molecule has 2 heterocycles. The maximum Gasteiger partial charge on any atom is 0.419 e. The van der Waals surface area contributed by atoms with Gasteiger partial charge in [-0.25, -0.2) is 9.37 Å². The number of carbonyl (C=O) groups excluding carboxylic acids is 1. The lowest BCUT2D eigenvalue weighted by Crippen LogP contribution is -2.45. The molecule has 1 fully saturated rings. The second kappa shape index (κ2) is 14.5. The van der Waals surface area contributed by atoms with Crippen LogP contribution < -0.4 is 15.6 Å². The first kappa shape index (κ1) is 34.4. The Morgan fingerprint density at radius 1 is 1.13 bits per heavy atom. The van der Waals surface area contributed by atoms with Gasteiger partial charge in [0.25, 0.3) is 5.56 Å². The molecule has 5 rings (SSSR count). The van der Waals surface area contributed by atoms with Crippen molar-refractivity contribution >= 4 is 11.7 Å². The summed E-state index contributed by atoms with van der Waals surface area (Å²) in [4.78, 5) is 37.0. The summed E-state index contributed by atoms with van der Waals surface area (Å²) in [6, 6.07) is 9.58. The summed E-state index contributed by atoms with van der Waals surface area (Å²) in [6.45, 7) is 7.17. The van der Waals surface area contributed by atoms with E-state index in [9.17, 15) is 27.2 Å². The van der Waals surface area contributed by atoms with E-state index in [1.54, 1.807) is 36.1 Å². The summed E-state index contributed by atoms with van der Waals surface area (Å²) in [6.07, 6.45) is 0.0660. The van der Waals surface area contributed by atoms with Gasteiger partial charge in [-0.05, 0) is 102 Å². The molecule has 1 aliphatic carbocycles. The van der Waals surface area contributed by atoms with Crippen molar-refractivity contribution < 1.29 is 27.1 Å². The number of amides is 1. The normalized spacial score (nSPS) is 16.2. The quantitative estimate of drug-likeness (QED) is 0.223. The number of benzene rings is 2. The fourth-order valence-corrected chi connectivity index (χ4v) is 6.34. The van der Waals surface area contributed by atoms with Crippen molar-refractivity contribution in [3.8, 4) is 11.4 Å². The first-order valence-corrected chi connectivity index (χ1v) is 16.4. The van der Waals surface area contributed by atoms with Crippen LogP contribution in [0.25, 0.3) is 5.69 Å². The van der Waals surface area contributed by atoms with Crippen molar-refractivity contribution in [2.45, 2.75) is 90.0 Å². The second-order valence-electron chi connectivity index (χ2n) is 12.5. The summed E-state index contributed by atoms with van der Waals surface area (Å²) in [5.74, 6) is -0.393. The molecule has 0 saturated heterocycles. The van der Waals surface area contributed by atoms with Gasteiger partial charge in [-0.3, -0.25) is 14.2 Å². The molecular formula is C35H43F4N5O3. The molecule has 1 aromatic heterocycles. The zero-order chi connectivity index (χ0) is 33.9. The molecule has 3 aromatic rings. The molecule has 0 radical (unpaired) electrons. The Labute approximate surface area is 272 Å². The number of hydrogen-bond donors (Lipinski definition) is 1. The third kappa shape index (κ3) is 7.63. The highest BCUT2D eigenvalue weighted by Crippen LogP contribution is 2.33. The van der Waals surface area contributed by atoms with Crippen LogP contribution in [0.3, 0.4) is 0 Å². The molecule has 1 unspecified atom stereocenters. The Bertz CT molecular complexity index is 1620. The third-order valence-corrected chi connectivity index (χ3v) is 9.49. The standard InChI is InChI=1S/C35H43F4N5O3/c1-5-47-27-14-12-26(13-15-27)44-33(41-32-28(34(44)46)10-7-18-40-32)23(3)43(19-17-22(2)42(4)25-8-6-9-25)31(45)21-24-11-16-30(36)29(20-24)35(37,38)39/h11-16,20,22-23,25,40H,5-10,17-19,21H2,1-4H3/t22?,23-/m1/s1. The van der Waals surface area contributed by atoms with Gasteiger partial charge in [0.2, 0.25) is 5.91 Å². The van der Waals surface area contributed by atoms with Crippen molar-refractivity contribution in [1.29, 1.82) is 0 Å². The Balaban J connectivity index is 1.54. The molecule has 1 N–H and O–H groups in total. The molecule has 2 atom stereocenters. The predicted molar refractivity (Wildman–Crippen MR) is 173 cm³/mol. The number of ether oxygens (including phenoxy) is 1. The number of alkyl halides is 3. The number of nitrogens with one attached hydrogen (secondary N) is 1. The van der Waals surface area contributed by atoms with Crippen LogP contribution in [0.4, 0.5) is 23.4 Å². The first-order chi connectivity index (χ1) is 22.4. The molecule has 254 valence electrons. The van der Waals surface area contributed by atoms with Crippen LogP contribution in [0.5, 0.6) is 5.75 Å². The molecule has 47 heavy (non-hydrogen) atoms. The lowest BCUT2D eigenvalue weighted by atomic mass is 9.90. The molecule has 2 aliphatic rings. The van der Waals surface area contributed by atoms with E-state index in [0.29, 0.717) is 66.7 Å². The van der Waals surface area contributed by atoms with Crippen LogP contribution in [0.2, 0.25) is 0 Å². The summed E-state index contributed by atoms with van der Waals surface area (Å²) < 4.78 is 61.7. The molecular weight excluding hydrogens is 614 g/mol. The van der Waals surface area contributed by atoms with E-state index >= 15 is 0 Å². The number of nitrogens with zero attached hydrogens (tertiary/aromatic N) is 4. The van der Waals surface area contributed by atoms with E-state index in [-0.39, 0.29) is 30.1 Å². The van der Waals surface area contributed by atoms with E-state index < -0.39 is 29.5 Å². The maximum absolute atomic E-state index is 14.1. The van der Waals surface area contributed by atoms with E-state index in [0.717, 1.165) is 25.3 Å². The van der Waals surface area contributed by atoms with Gasteiger partial charge in [-0.15, -0.1) is 0 Å². The number of hydrogen-bond acceptors (Lipinski definition) is 6. The van der Waals surface area contributed by atoms with Crippen LogP contribution in [0.1, 0.15) is 81.4 Å². The maximum atomic E-state index is 14.1. The molecule has 0 bridgehead atoms. The van der Waals surface area contributed by atoms with Crippen LogP contribution in [-0.4, -0.2) is 64.1 Å². The molecule has 1 aliphatic heterocycles.